The van der Waals surface area contributed by atoms with Crippen molar-refractivity contribution in [1.82, 2.24) is 0 Å². The summed E-state index contributed by atoms with van der Waals surface area (Å²) in [4.78, 5) is 23.5. The van der Waals surface area contributed by atoms with Crippen molar-refractivity contribution >= 4 is 20.1 Å². The summed E-state index contributed by atoms with van der Waals surface area (Å²) >= 11 is 0. The van der Waals surface area contributed by atoms with Crippen LogP contribution < -0.4 is 0 Å². The molecule has 0 amide bonds. The van der Waals surface area contributed by atoms with Crippen LogP contribution in [-0.4, -0.2) is 45.0 Å². The molecule has 0 spiro atoms. The Balaban J connectivity index is 2.10. The lowest BCUT2D eigenvalue weighted by molar-refractivity contribution is -0.148. The van der Waals surface area contributed by atoms with Gasteiger partial charge in [-0.25, -0.2) is 0 Å². The van der Waals surface area contributed by atoms with Gasteiger partial charge in [0.15, 0.2) is 8.32 Å². The first-order valence-corrected chi connectivity index (χ1v) is 12.4. The van der Waals surface area contributed by atoms with Crippen LogP contribution in [0.4, 0.5) is 0 Å². The monoisotopic (exact) mass is 370 g/mol. The van der Waals surface area contributed by atoms with E-state index in [1.54, 1.807) is 0 Å². The van der Waals surface area contributed by atoms with Gasteiger partial charge in [0, 0.05) is 25.7 Å². The second-order valence-corrected chi connectivity index (χ2v) is 13.7. The number of hydrogen-bond acceptors (Lipinski definition) is 5. The minimum Gasteiger partial charge on any atom is -0.463 e. The normalized spacial score (nSPS) is 31.2. The predicted octanol–water partition coefficient (Wildman–Crippen LogP) is 3.86. The van der Waals surface area contributed by atoms with Crippen LogP contribution >= 0.6 is 0 Å². The Bertz CT molecular complexity index is 497. The summed E-state index contributed by atoms with van der Waals surface area (Å²) in [6.07, 6.45) is 3.85. The van der Waals surface area contributed by atoms with Gasteiger partial charge in [-0.2, -0.15) is 0 Å². The van der Waals surface area contributed by atoms with Crippen molar-refractivity contribution in [3.8, 4) is 0 Å². The van der Waals surface area contributed by atoms with Crippen molar-refractivity contribution < 1.29 is 23.5 Å². The fraction of sp³-hybridized carbons (Fsp3) is 0.895. The first kappa shape index (κ1) is 20.6. The Kier molecular flexibility index (Phi) is 6.49. The van der Waals surface area contributed by atoms with E-state index in [4.69, 9.17) is 13.9 Å². The van der Waals surface area contributed by atoms with Gasteiger partial charge in [0.05, 0.1) is 12.2 Å². The SMILES string of the molecule is CC(=O)OC[C@H]1O[C@@H](C2CCCCC2=O)C[C@@H]1O[Si](C)(C)C(C)(C)C. The number of ketones is 1. The predicted molar refractivity (Wildman–Crippen MR) is 98.9 cm³/mol. The largest absolute Gasteiger partial charge is 0.463 e. The molecule has 0 radical (unpaired) electrons. The fourth-order valence-corrected chi connectivity index (χ4v) is 4.79. The Morgan fingerprint density at radius 2 is 1.96 bits per heavy atom. The van der Waals surface area contributed by atoms with Gasteiger partial charge in [-0.15, -0.1) is 0 Å². The third-order valence-corrected chi connectivity index (χ3v) is 10.5. The van der Waals surface area contributed by atoms with Gasteiger partial charge in [-0.3, -0.25) is 9.59 Å². The molecular weight excluding hydrogens is 336 g/mol. The van der Waals surface area contributed by atoms with Crippen LogP contribution in [-0.2, 0) is 23.5 Å². The van der Waals surface area contributed by atoms with E-state index in [0.717, 1.165) is 25.7 Å². The second-order valence-electron chi connectivity index (χ2n) is 8.99. The molecule has 2 aliphatic rings. The maximum atomic E-state index is 12.3. The summed E-state index contributed by atoms with van der Waals surface area (Å²) in [6, 6.07) is 0. The molecule has 1 saturated heterocycles. The summed E-state index contributed by atoms with van der Waals surface area (Å²) in [7, 11) is -1.97. The van der Waals surface area contributed by atoms with Gasteiger partial charge in [0.1, 0.15) is 18.5 Å². The standard InChI is InChI=1S/C19H34O5Si/c1-13(20)22-12-18-17(24-25(5,6)19(2,3)4)11-16(23-18)14-9-7-8-10-15(14)21/h14,16-18H,7-12H2,1-6H3/t14?,16-,17+,18-/m1/s1. The molecule has 144 valence electrons. The molecule has 0 aromatic carbocycles. The van der Waals surface area contributed by atoms with Gasteiger partial charge in [-0.05, 0) is 31.0 Å². The van der Waals surface area contributed by atoms with Crippen LogP contribution in [0.25, 0.3) is 0 Å². The topological polar surface area (TPSA) is 61.8 Å². The Morgan fingerprint density at radius 1 is 1.28 bits per heavy atom. The summed E-state index contributed by atoms with van der Waals surface area (Å²) in [5.74, 6) is -0.0241. The number of ether oxygens (including phenoxy) is 2. The quantitative estimate of drug-likeness (QED) is 0.543. The van der Waals surface area contributed by atoms with Crippen LogP contribution in [0.5, 0.6) is 0 Å². The van der Waals surface area contributed by atoms with Gasteiger partial charge < -0.3 is 13.9 Å². The third kappa shape index (κ3) is 5.14. The molecule has 1 heterocycles. The van der Waals surface area contributed by atoms with Gasteiger partial charge in [-0.1, -0.05) is 27.2 Å². The van der Waals surface area contributed by atoms with Crippen LogP contribution in [0.3, 0.4) is 0 Å². The smallest absolute Gasteiger partial charge is 0.302 e. The van der Waals surface area contributed by atoms with E-state index in [9.17, 15) is 9.59 Å². The fourth-order valence-electron chi connectivity index (χ4n) is 3.44. The first-order chi connectivity index (χ1) is 11.5. The lowest BCUT2D eigenvalue weighted by atomic mass is 9.83. The molecule has 1 aliphatic carbocycles. The minimum absolute atomic E-state index is 0.0263. The average molecular weight is 371 g/mol. The van der Waals surface area contributed by atoms with E-state index in [-0.39, 0.29) is 41.8 Å². The maximum absolute atomic E-state index is 12.3. The van der Waals surface area contributed by atoms with Crippen molar-refractivity contribution in [2.75, 3.05) is 6.61 Å². The van der Waals surface area contributed by atoms with E-state index in [2.05, 4.69) is 33.9 Å². The van der Waals surface area contributed by atoms with Gasteiger partial charge in [0.25, 0.3) is 0 Å². The van der Waals surface area contributed by atoms with Crippen LogP contribution in [0.1, 0.15) is 59.8 Å². The second kappa shape index (κ2) is 7.88. The van der Waals surface area contributed by atoms with Crippen molar-refractivity contribution in [2.24, 2.45) is 5.92 Å². The third-order valence-electron chi connectivity index (χ3n) is 5.98. The summed E-state index contributed by atoms with van der Waals surface area (Å²) in [5.41, 5.74) is 0. The number of carbonyl (C=O) groups is 2. The Hall–Kier alpha value is -0.723. The van der Waals surface area contributed by atoms with Crippen LogP contribution in [0.2, 0.25) is 18.1 Å². The highest BCUT2D eigenvalue weighted by molar-refractivity contribution is 6.74. The molecule has 0 aromatic heterocycles. The molecule has 2 fully saturated rings. The molecule has 4 atom stereocenters. The molecule has 5 nitrogen and oxygen atoms in total. The molecule has 1 unspecified atom stereocenters. The van der Waals surface area contributed by atoms with E-state index in [1.165, 1.54) is 6.92 Å². The first-order valence-electron chi connectivity index (χ1n) is 9.50. The molecule has 0 N–H and O–H groups in total. The zero-order valence-electron chi connectivity index (χ0n) is 16.6. The lowest BCUT2D eigenvalue weighted by Gasteiger charge is -2.39. The number of Topliss-reactive ketones (excluding diaryl/α,β-unsaturated/α-hetero) is 1. The lowest BCUT2D eigenvalue weighted by Crippen LogP contribution is -2.46. The van der Waals surface area contributed by atoms with Crippen molar-refractivity contribution in [2.45, 2.75) is 96.2 Å². The van der Waals surface area contributed by atoms with E-state index >= 15 is 0 Å². The summed E-state index contributed by atoms with van der Waals surface area (Å²) in [5, 5.41) is 0.0950. The number of esters is 1. The van der Waals surface area contributed by atoms with Gasteiger partial charge >= 0.3 is 5.97 Å². The highest BCUT2D eigenvalue weighted by Gasteiger charge is 2.47. The van der Waals surface area contributed by atoms with Crippen LogP contribution in [0, 0.1) is 5.92 Å². The highest BCUT2D eigenvalue weighted by atomic mass is 28.4. The molecular formula is C19H34O5Si. The van der Waals surface area contributed by atoms with Crippen molar-refractivity contribution in [3.05, 3.63) is 0 Å². The number of rotatable bonds is 5. The minimum atomic E-state index is -1.97. The molecule has 6 heteroatoms. The number of carbonyl (C=O) groups excluding carboxylic acids is 2. The molecule has 1 aliphatic heterocycles. The van der Waals surface area contributed by atoms with Crippen molar-refractivity contribution in [1.29, 1.82) is 0 Å². The van der Waals surface area contributed by atoms with E-state index < -0.39 is 8.32 Å². The number of hydrogen-bond donors (Lipinski definition) is 0. The van der Waals surface area contributed by atoms with E-state index in [0.29, 0.717) is 12.2 Å². The molecule has 0 bridgehead atoms. The van der Waals surface area contributed by atoms with Crippen molar-refractivity contribution in [3.63, 3.8) is 0 Å². The zero-order valence-corrected chi connectivity index (χ0v) is 17.6. The van der Waals surface area contributed by atoms with E-state index in [1.807, 2.05) is 0 Å². The van der Waals surface area contributed by atoms with Crippen LogP contribution in [0.15, 0.2) is 0 Å². The molecule has 0 aromatic rings. The summed E-state index contributed by atoms with van der Waals surface area (Å²) < 4.78 is 18.0. The summed E-state index contributed by atoms with van der Waals surface area (Å²) in [6.45, 7) is 12.7. The average Bonchev–Trinajstić information content (AvgIpc) is 2.86. The Morgan fingerprint density at radius 3 is 2.52 bits per heavy atom. The molecule has 25 heavy (non-hydrogen) atoms. The zero-order chi connectivity index (χ0) is 18.8. The molecule has 1 saturated carbocycles. The molecule has 2 rings (SSSR count). The Labute approximate surface area is 152 Å². The maximum Gasteiger partial charge on any atom is 0.302 e. The van der Waals surface area contributed by atoms with Gasteiger partial charge in [0.2, 0.25) is 0 Å². The highest BCUT2D eigenvalue weighted by Crippen LogP contribution is 2.41.